The van der Waals surface area contributed by atoms with Gasteiger partial charge in [0, 0.05) is 24.8 Å². The highest BCUT2D eigenvalue weighted by atomic mass is 79.9. The fourth-order valence-corrected chi connectivity index (χ4v) is 2.67. The summed E-state index contributed by atoms with van der Waals surface area (Å²) < 4.78 is 0. The lowest BCUT2D eigenvalue weighted by Gasteiger charge is -2.18. The van der Waals surface area contributed by atoms with E-state index in [0.29, 0.717) is 11.8 Å². The molecule has 3 heteroatoms. The fourth-order valence-electron chi connectivity index (χ4n) is 1.89. The Labute approximate surface area is 95.2 Å². The van der Waals surface area contributed by atoms with Crippen molar-refractivity contribution in [1.82, 2.24) is 4.90 Å². The quantitative estimate of drug-likeness (QED) is 0.697. The highest BCUT2D eigenvalue weighted by Crippen LogP contribution is 2.18. The van der Waals surface area contributed by atoms with E-state index >= 15 is 0 Å². The van der Waals surface area contributed by atoms with E-state index in [1.807, 2.05) is 4.90 Å². The Balaban J connectivity index is 2.21. The van der Waals surface area contributed by atoms with Gasteiger partial charge >= 0.3 is 0 Å². The maximum absolute atomic E-state index is 11.5. The predicted octanol–water partition coefficient (Wildman–Crippen LogP) is 2.67. The number of amides is 1. The molecule has 0 radical (unpaired) electrons. The molecule has 0 bridgehead atoms. The average molecular weight is 262 g/mol. The van der Waals surface area contributed by atoms with Crippen molar-refractivity contribution in [3.8, 4) is 0 Å². The van der Waals surface area contributed by atoms with E-state index in [1.54, 1.807) is 0 Å². The van der Waals surface area contributed by atoms with E-state index in [-0.39, 0.29) is 0 Å². The van der Waals surface area contributed by atoms with Gasteiger partial charge in [0.25, 0.3) is 0 Å². The van der Waals surface area contributed by atoms with Crippen molar-refractivity contribution < 1.29 is 4.79 Å². The zero-order valence-electron chi connectivity index (χ0n) is 9.13. The molecule has 1 fully saturated rings. The first-order valence-electron chi connectivity index (χ1n) is 5.47. The number of halogens is 1. The Bertz CT molecular complexity index is 196. The molecule has 1 amide bonds. The Hall–Kier alpha value is -0.0500. The number of hydrogen-bond donors (Lipinski definition) is 0. The highest BCUT2D eigenvalue weighted by Gasteiger charge is 2.25. The molecule has 82 valence electrons. The van der Waals surface area contributed by atoms with Crippen LogP contribution in [0.2, 0.25) is 0 Å². The normalized spacial score (nSPS) is 24.4. The molecular formula is C11H20BrNO. The van der Waals surface area contributed by atoms with Crippen LogP contribution >= 0.6 is 15.9 Å². The zero-order valence-corrected chi connectivity index (χ0v) is 10.7. The summed E-state index contributed by atoms with van der Waals surface area (Å²) in [6.45, 7) is 6.34. The van der Waals surface area contributed by atoms with Crippen molar-refractivity contribution in [1.29, 1.82) is 0 Å². The van der Waals surface area contributed by atoms with E-state index in [1.165, 1.54) is 6.42 Å². The van der Waals surface area contributed by atoms with Gasteiger partial charge in [-0.3, -0.25) is 4.79 Å². The maximum Gasteiger partial charge on any atom is 0.222 e. The number of nitrogens with zero attached hydrogens (tertiary/aromatic N) is 1. The molecule has 0 aliphatic carbocycles. The summed E-state index contributed by atoms with van der Waals surface area (Å²) in [5.41, 5.74) is 0. The van der Waals surface area contributed by atoms with Gasteiger partial charge in [-0.15, -0.1) is 0 Å². The molecule has 2 atom stereocenters. The summed E-state index contributed by atoms with van der Waals surface area (Å²) in [6, 6.07) is 0. The molecule has 0 aromatic rings. The summed E-state index contributed by atoms with van der Waals surface area (Å²) in [5, 5.41) is 1.07. The number of hydrogen-bond acceptors (Lipinski definition) is 1. The van der Waals surface area contributed by atoms with Crippen molar-refractivity contribution in [2.24, 2.45) is 11.8 Å². The SMILES string of the molecule is CC(CCBr)CCN1CC(C)CC1=O. The van der Waals surface area contributed by atoms with Crippen molar-refractivity contribution in [2.75, 3.05) is 18.4 Å². The third-order valence-electron chi connectivity index (χ3n) is 2.90. The molecule has 1 aliphatic rings. The fraction of sp³-hybridized carbons (Fsp3) is 0.909. The first kappa shape index (κ1) is 12.0. The van der Waals surface area contributed by atoms with Gasteiger partial charge in [0.1, 0.15) is 0 Å². The lowest BCUT2D eigenvalue weighted by molar-refractivity contribution is -0.127. The third-order valence-corrected chi connectivity index (χ3v) is 3.36. The van der Waals surface area contributed by atoms with Gasteiger partial charge in [0.2, 0.25) is 5.91 Å². The van der Waals surface area contributed by atoms with E-state index < -0.39 is 0 Å². The molecule has 0 aromatic carbocycles. The van der Waals surface area contributed by atoms with Crippen LogP contribution in [0.4, 0.5) is 0 Å². The minimum atomic E-state index is 0.351. The monoisotopic (exact) mass is 261 g/mol. The van der Waals surface area contributed by atoms with E-state index in [4.69, 9.17) is 0 Å². The van der Waals surface area contributed by atoms with Crippen molar-refractivity contribution in [3.05, 3.63) is 0 Å². The van der Waals surface area contributed by atoms with Crippen LogP contribution in [0.1, 0.15) is 33.1 Å². The van der Waals surface area contributed by atoms with Gasteiger partial charge in [-0.2, -0.15) is 0 Å². The molecule has 2 nitrogen and oxygen atoms in total. The molecular weight excluding hydrogens is 242 g/mol. The smallest absolute Gasteiger partial charge is 0.222 e. The topological polar surface area (TPSA) is 20.3 Å². The van der Waals surface area contributed by atoms with Crippen molar-refractivity contribution in [2.45, 2.75) is 33.1 Å². The van der Waals surface area contributed by atoms with Crippen LogP contribution in [-0.2, 0) is 4.79 Å². The van der Waals surface area contributed by atoms with E-state index in [0.717, 1.165) is 37.2 Å². The molecule has 14 heavy (non-hydrogen) atoms. The maximum atomic E-state index is 11.5. The van der Waals surface area contributed by atoms with Crippen LogP contribution in [0.25, 0.3) is 0 Å². The molecule has 1 saturated heterocycles. The Kier molecular flexibility index (Phi) is 4.93. The van der Waals surface area contributed by atoms with Gasteiger partial charge in [-0.25, -0.2) is 0 Å². The van der Waals surface area contributed by atoms with E-state index in [2.05, 4.69) is 29.8 Å². The highest BCUT2D eigenvalue weighted by molar-refractivity contribution is 9.09. The second-order valence-corrected chi connectivity index (χ2v) is 5.31. The van der Waals surface area contributed by atoms with Crippen LogP contribution in [-0.4, -0.2) is 29.2 Å². The van der Waals surface area contributed by atoms with Crippen LogP contribution in [0.5, 0.6) is 0 Å². The number of likely N-dealkylation sites (tertiary alicyclic amines) is 1. The number of rotatable bonds is 5. The average Bonchev–Trinajstić information content (AvgIpc) is 2.42. The molecule has 1 heterocycles. The van der Waals surface area contributed by atoms with Crippen molar-refractivity contribution in [3.63, 3.8) is 0 Å². The Morgan fingerprint density at radius 2 is 2.29 bits per heavy atom. The van der Waals surface area contributed by atoms with Gasteiger partial charge in [-0.1, -0.05) is 29.8 Å². The molecule has 0 saturated carbocycles. The van der Waals surface area contributed by atoms with Crippen LogP contribution < -0.4 is 0 Å². The molecule has 1 rings (SSSR count). The first-order valence-corrected chi connectivity index (χ1v) is 6.59. The first-order chi connectivity index (χ1) is 6.63. The standard InChI is InChI=1S/C11H20BrNO/c1-9(3-5-12)4-6-13-8-10(2)7-11(13)14/h9-10H,3-8H2,1-2H3. The van der Waals surface area contributed by atoms with Gasteiger partial charge in [0.05, 0.1) is 0 Å². The third kappa shape index (κ3) is 3.60. The summed E-state index contributed by atoms with van der Waals surface area (Å²) in [6.07, 6.45) is 3.11. The lowest BCUT2D eigenvalue weighted by Crippen LogP contribution is -2.27. The number of carbonyl (C=O) groups excluding carboxylic acids is 1. The molecule has 0 N–H and O–H groups in total. The molecule has 0 aromatic heterocycles. The lowest BCUT2D eigenvalue weighted by atomic mass is 10.1. The summed E-state index contributed by atoms with van der Waals surface area (Å²) in [4.78, 5) is 13.5. The minimum Gasteiger partial charge on any atom is -0.342 e. The summed E-state index contributed by atoms with van der Waals surface area (Å²) in [5.74, 6) is 1.63. The molecule has 2 unspecified atom stereocenters. The summed E-state index contributed by atoms with van der Waals surface area (Å²) >= 11 is 3.44. The largest absolute Gasteiger partial charge is 0.342 e. The predicted molar refractivity (Wildman–Crippen MR) is 62.6 cm³/mol. The van der Waals surface area contributed by atoms with Crippen LogP contribution in [0, 0.1) is 11.8 Å². The van der Waals surface area contributed by atoms with Crippen LogP contribution in [0.15, 0.2) is 0 Å². The Morgan fingerprint density at radius 3 is 2.79 bits per heavy atom. The van der Waals surface area contributed by atoms with Gasteiger partial charge in [0.15, 0.2) is 0 Å². The second-order valence-electron chi connectivity index (χ2n) is 4.52. The molecule has 0 spiro atoms. The molecule has 1 aliphatic heterocycles. The van der Waals surface area contributed by atoms with E-state index in [9.17, 15) is 4.79 Å². The van der Waals surface area contributed by atoms with Crippen LogP contribution in [0.3, 0.4) is 0 Å². The summed E-state index contributed by atoms with van der Waals surface area (Å²) in [7, 11) is 0. The van der Waals surface area contributed by atoms with Gasteiger partial charge < -0.3 is 4.90 Å². The zero-order chi connectivity index (χ0) is 10.6. The van der Waals surface area contributed by atoms with Crippen molar-refractivity contribution >= 4 is 21.8 Å². The second kappa shape index (κ2) is 5.74. The minimum absolute atomic E-state index is 0.351. The number of carbonyl (C=O) groups is 1. The number of alkyl halides is 1. The van der Waals surface area contributed by atoms with Gasteiger partial charge in [-0.05, 0) is 24.7 Å². The Morgan fingerprint density at radius 1 is 1.57 bits per heavy atom.